The van der Waals surface area contributed by atoms with E-state index in [-0.39, 0.29) is 5.04 Å². The standard InChI is InChI=1S/C19H24Cl2Si/c1-19(2,3)22(21,18-7-5-4-6-8-18)14-13-16-9-11-17(15-20)12-10-16/h4-12H,13-15H2,1-3H3. The van der Waals surface area contributed by atoms with Gasteiger partial charge in [-0.25, -0.2) is 0 Å². The lowest BCUT2D eigenvalue weighted by molar-refractivity contribution is 0.729. The number of aryl methyl sites for hydroxylation is 1. The summed E-state index contributed by atoms with van der Waals surface area (Å²) in [5.74, 6) is 0.570. The van der Waals surface area contributed by atoms with Crippen molar-refractivity contribution in [3.05, 3.63) is 65.7 Å². The third-order valence-electron chi connectivity index (χ3n) is 4.36. The van der Waals surface area contributed by atoms with E-state index in [2.05, 4.69) is 75.4 Å². The van der Waals surface area contributed by atoms with Crippen molar-refractivity contribution < 1.29 is 0 Å². The second kappa shape index (κ2) is 7.21. The first-order valence-corrected chi connectivity index (χ1v) is 11.5. The Balaban J connectivity index is 2.21. The topological polar surface area (TPSA) is 0 Å². The molecule has 3 heteroatoms. The molecule has 2 aromatic rings. The Kier molecular flexibility index (Phi) is 5.76. The molecule has 0 N–H and O–H groups in total. The molecule has 0 nitrogen and oxygen atoms in total. The Morgan fingerprint density at radius 1 is 0.864 bits per heavy atom. The van der Waals surface area contributed by atoms with Crippen molar-refractivity contribution in [2.45, 2.75) is 44.2 Å². The zero-order chi connectivity index (χ0) is 16.2. The Morgan fingerprint density at radius 2 is 1.41 bits per heavy atom. The maximum atomic E-state index is 7.27. The van der Waals surface area contributed by atoms with Crippen LogP contribution in [0.25, 0.3) is 0 Å². The summed E-state index contributed by atoms with van der Waals surface area (Å²) >= 11 is 13.1. The van der Waals surface area contributed by atoms with E-state index >= 15 is 0 Å². The number of hydrogen-bond donors (Lipinski definition) is 0. The van der Waals surface area contributed by atoms with Gasteiger partial charge in [0.1, 0.15) is 0 Å². The van der Waals surface area contributed by atoms with Gasteiger partial charge >= 0.3 is 0 Å². The molecule has 0 saturated carbocycles. The van der Waals surface area contributed by atoms with Gasteiger partial charge in [-0.05, 0) is 33.8 Å². The van der Waals surface area contributed by atoms with Crippen LogP contribution in [0.4, 0.5) is 0 Å². The molecule has 1 unspecified atom stereocenters. The molecule has 0 amide bonds. The maximum absolute atomic E-state index is 7.27. The molecule has 0 heterocycles. The number of rotatable bonds is 5. The van der Waals surface area contributed by atoms with E-state index in [9.17, 15) is 0 Å². The normalized spacial score (nSPS) is 14.6. The van der Waals surface area contributed by atoms with Crippen molar-refractivity contribution in [1.82, 2.24) is 0 Å². The molecule has 0 fully saturated rings. The molecule has 0 saturated heterocycles. The fourth-order valence-corrected chi connectivity index (χ4v) is 6.86. The van der Waals surface area contributed by atoms with Gasteiger partial charge in [0.15, 0.2) is 7.38 Å². The summed E-state index contributed by atoms with van der Waals surface area (Å²) in [5.41, 5.74) is 2.50. The van der Waals surface area contributed by atoms with E-state index in [4.69, 9.17) is 22.7 Å². The first-order valence-electron chi connectivity index (χ1n) is 7.75. The predicted molar refractivity (Wildman–Crippen MR) is 102 cm³/mol. The highest BCUT2D eigenvalue weighted by Crippen LogP contribution is 2.42. The lowest BCUT2D eigenvalue weighted by atomic mass is 10.1. The Hall–Kier alpha value is -0.763. The average Bonchev–Trinajstić information content (AvgIpc) is 2.53. The van der Waals surface area contributed by atoms with E-state index < -0.39 is 7.38 Å². The number of benzene rings is 2. The van der Waals surface area contributed by atoms with Crippen LogP contribution in [-0.4, -0.2) is 7.38 Å². The van der Waals surface area contributed by atoms with Crippen molar-refractivity contribution >= 4 is 35.3 Å². The molecular weight excluding hydrogens is 327 g/mol. The van der Waals surface area contributed by atoms with Crippen LogP contribution in [0.1, 0.15) is 31.9 Å². The third kappa shape index (κ3) is 3.95. The van der Waals surface area contributed by atoms with Crippen LogP contribution in [0.15, 0.2) is 54.6 Å². The molecule has 1 atom stereocenters. The number of halogens is 2. The minimum atomic E-state index is -2.09. The van der Waals surface area contributed by atoms with E-state index in [1.54, 1.807) is 0 Å². The summed E-state index contributed by atoms with van der Waals surface area (Å²) in [6.07, 6.45) is 1.02. The van der Waals surface area contributed by atoms with E-state index in [0.717, 1.165) is 12.5 Å². The lowest BCUT2D eigenvalue weighted by Gasteiger charge is -2.38. The molecule has 0 bridgehead atoms. The van der Waals surface area contributed by atoms with Crippen molar-refractivity contribution in [2.24, 2.45) is 0 Å². The monoisotopic (exact) mass is 350 g/mol. The third-order valence-corrected chi connectivity index (χ3v) is 12.2. The SMILES string of the molecule is CC(C)(C)[Si](Cl)(CCc1ccc(CCl)cc1)c1ccccc1. The van der Waals surface area contributed by atoms with Crippen LogP contribution < -0.4 is 5.19 Å². The van der Waals surface area contributed by atoms with E-state index in [1.807, 2.05) is 0 Å². The number of alkyl halides is 1. The van der Waals surface area contributed by atoms with Gasteiger partial charge in [0, 0.05) is 5.88 Å². The zero-order valence-corrected chi connectivity index (χ0v) is 16.1. The van der Waals surface area contributed by atoms with E-state index in [1.165, 1.54) is 16.3 Å². The Morgan fingerprint density at radius 3 is 1.91 bits per heavy atom. The van der Waals surface area contributed by atoms with Crippen molar-refractivity contribution in [1.29, 1.82) is 0 Å². The molecule has 22 heavy (non-hydrogen) atoms. The van der Waals surface area contributed by atoms with Gasteiger partial charge in [-0.15, -0.1) is 11.6 Å². The maximum Gasteiger partial charge on any atom is 0.192 e. The van der Waals surface area contributed by atoms with Crippen LogP contribution in [0.5, 0.6) is 0 Å². The van der Waals surface area contributed by atoms with Gasteiger partial charge in [0.25, 0.3) is 0 Å². The Labute approximate surface area is 145 Å². The van der Waals surface area contributed by atoms with E-state index in [0.29, 0.717) is 5.88 Å². The fraction of sp³-hybridized carbons (Fsp3) is 0.368. The van der Waals surface area contributed by atoms with Crippen molar-refractivity contribution in [3.8, 4) is 0 Å². The zero-order valence-electron chi connectivity index (χ0n) is 13.6. The molecule has 2 aromatic carbocycles. The van der Waals surface area contributed by atoms with Crippen molar-refractivity contribution in [2.75, 3.05) is 0 Å². The van der Waals surface area contributed by atoms with Gasteiger partial charge in [-0.2, -0.15) is 11.1 Å². The minimum Gasteiger partial charge on any atom is -0.160 e. The van der Waals surface area contributed by atoms with Crippen LogP contribution in [0.2, 0.25) is 11.1 Å². The summed E-state index contributed by atoms with van der Waals surface area (Å²) in [7, 11) is -2.09. The molecule has 2 rings (SSSR count). The van der Waals surface area contributed by atoms with Crippen LogP contribution in [0, 0.1) is 0 Å². The molecule has 0 radical (unpaired) electrons. The minimum absolute atomic E-state index is 0.117. The second-order valence-electron chi connectivity index (χ2n) is 6.87. The Bertz CT molecular complexity index is 587. The molecule has 0 aliphatic heterocycles. The van der Waals surface area contributed by atoms with Crippen LogP contribution in [-0.2, 0) is 12.3 Å². The summed E-state index contributed by atoms with van der Waals surface area (Å²) in [6.45, 7) is 6.82. The summed E-state index contributed by atoms with van der Waals surface area (Å²) in [5, 5.41) is 1.45. The number of hydrogen-bond acceptors (Lipinski definition) is 0. The van der Waals surface area contributed by atoms with Crippen LogP contribution >= 0.6 is 22.7 Å². The molecule has 0 aliphatic carbocycles. The average molecular weight is 351 g/mol. The first-order chi connectivity index (χ1) is 10.4. The quantitative estimate of drug-likeness (QED) is 0.360. The second-order valence-corrected chi connectivity index (χ2v) is 13.2. The van der Waals surface area contributed by atoms with Gasteiger partial charge in [-0.1, -0.05) is 75.4 Å². The molecule has 0 aliphatic rings. The van der Waals surface area contributed by atoms with Gasteiger partial charge in [0.05, 0.1) is 0 Å². The van der Waals surface area contributed by atoms with Gasteiger partial charge in [-0.3, -0.25) is 0 Å². The van der Waals surface area contributed by atoms with Crippen molar-refractivity contribution in [3.63, 3.8) is 0 Å². The van der Waals surface area contributed by atoms with Gasteiger partial charge < -0.3 is 0 Å². The largest absolute Gasteiger partial charge is 0.192 e. The highest BCUT2D eigenvalue weighted by Gasteiger charge is 2.44. The summed E-state index contributed by atoms with van der Waals surface area (Å²) in [6, 6.07) is 20.3. The molecule has 0 aromatic heterocycles. The predicted octanol–water partition coefficient (Wildman–Crippen LogP) is 5.86. The highest BCUT2D eigenvalue weighted by atomic mass is 35.6. The first kappa shape index (κ1) is 17.6. The van der Waals surface area contributed by atoms with Gasteiger partial charge in [0.2, 0.25) is 0 Å². The molecule has 0 spiro atoms. The highest BCUT2D eigenvalue weighted by molar-refractivity contribution is 7.28. The smallest absolute Gasteiger partial charge is 0.160 e. The lowest BCUT2D eigenvalue weighted by Crippen LogP contribution is -2.50. The molecule has 118 valence electrons. The molecular formula is C19H24Cl2Si. The summed E-state index contributed by atoms with van der Waals surface area (Å²) in [4.78, 5) is 0. The fourth-order valence-electron chi connectivity index (χ4n) is 2.77. The van der Waals surface area contributed by atoms with Crippen LogP contribution in [0.3, 0.4) is 0 Å². The summed E-state index contributed by atoms with van der Waals surface area (Å²) < 4.78 is 0.